The Bertz CT molecular complexity index is 273. The number of carboxylic acid groups (broad SMARTS) is 1. The van der Waals surface area contributed by atoms with Crippen LogP contribution < -0.4 is 0 Å². The van der Waals surface area contributed by atoms with Gasteiger partial charge in [-0.15, -0.1) is 0 Å². The summed E-state index contributed by atoms with van der Waals surface area (Å²) in [5.41, 5.74) is 0. The molecule has 17 heavy (non-hydrogen) atoms. The topological polar surface area (TPSA) is 43.8 Å². The van der Waals surface area contributed by atoms with E-state index in [0.29, 0.717) is 24.4 Å². The average molecular weight is 240 g/mol. The van der Waals surface area contributed by atoms with Gasteiger partial charge in [-0.05, 0) is 45.7 Å². The van der Waals surface area contributed by atoms with Crippen LogP contribution in [0.2, 0.25) is 0 Å². The second-order valence-electron chi connectivity index (χ2n) is 5.76. The van der Waals surface area contributed by atoms with Crippen molar-refractivity contribution in [1.82, 2.24) is 9.80 Å². The zero-order chi connectivity index (χ0) is 12.4. The first-order valence-corrected chi connectivity index (χ1v) is 6.72. The fraction of sp³-hybridized carbons (Fsp3) is 0.923. The van der Waals surface area contributed by atoms with Gasteiger partial charge in [0.25, 0.3) is 0 Å². The van der Waals surface area contributed by atoms with Crippen molar-refractivity contribution >= 4 is 5.97 Å². The fourth-order valence-corrected chi connectivity index (χ4v) is 3.18. The lowest BCUT2D eigenvalue weighted by Crippen LogP contribution is -2.35. The number of hydrogen-bond acceptors (Lipinski definition) is 3. The molecule has 1 N–H and O–H groups in total. The SMILES string of the molecule is CC1CC(N2CCC(CCC(=O)O)C2)CN1C. The number of likely N-dealkylation sites (N-methyl/N-ethyl adjacent to an activating group) is 1. The highest BCUT2D eigenvalue weighted by molar-refractivity contribution is 5.66. The number of aliphatic carboxylic acids is 1. The Balaban J connectivity index is 1.76. The van der Waals surface area contributed by atoms with Gasteiger partial charge in [-0.1, -0.05) is 0 Å². The van der Waals surface area contributed by atoms with Crippen molar-refractivity contribution in [2.24, 2.45) is 5.92 Å². The highest BCUT2D eigenvalue weighted by atomic mass is 16.4. The molecule has 2 saturated heterocycles. The maximum absolute atomic E-state index is 10.6. The van der Waals surface area contributed by atoms with E-state index in [2.05, 4.69) is 23.8 Å². The highest BCUT2D eigenvalue weighted by Gasteiger charge is 2.34. The van der Waals surface area contributed by atoms with Crippen molar-refractivity contribution in [1.29, 1.82) is 0 Å². The quantitative estimate of drug-likeness (QED) is 0.803. The summed E-state index contributed by atoms with van der Waals surface area (Å²) in [6.07, 6.45) is 3.63. The van der Waals surface area contributed by atoms with Crippen molar-refractivity contribution < 1.29 is 9.90 Å². The second-order valence-corrected chi connectivity index (χ2v) is 5.76. The van der Waals surface area contributed by atoms with Gasteiger partial charge < -0.3 is 10.0 Å². The number of likely N-dealkylation sites (tertiary alicyclic amines) is 2. The summed E-state index contributed by atoms with van der Waals surface area (Å²) >= 11 is 0. The van der Waals surface area contributed by atoms with E-state index in [-0.39, 0.29) is 0 Å². The molecule has 4 heteroatoms. The third kappa shape index (κ3) is 3.19. The Kier molecular flexibility index (Phi) is 4.05. The Hall–Kier alpha value is -0.610. The minimum atomic E-state index is -0.655. The average Bonchev–Trinajstić information content (AvgIpc) is 2.84. The molecule has 98 valence electrons. The van der Waals surface area contributed by atoms with E-state index in [9.17, 15) is 4.79 Å². The molecule has 0 radical (unpaired) electrons. The molecule has 0 saturated carbocycles. The van der Waals surface area contributed by atoms with Crippen molar-refractivity contribution in [3.63, 3.8) is 0 Å². The molecule has 0 spiro atoms. The van der Waals surface area contributed by atoms with E-state index >= 15 is 0 Å². The second kappa shape index (κ2) is 5.36. The Morgan fingerprint density at radius 2 is 2.18 bits per heavy atom. The van der Waals surface area contributed by atoms with Crippen LogP contribution in [0.3, 0.4) is 0 Å². The van der Waals surface area contributed by atoms with Gasteiger partial charge >= 0.3 is 5.97 Å². The lowest BCUT2D eigenvalue weighted by Gasteiger charge is -2.23. The molecule has 0 aliphatic carbocycles. The zero-order valence-electron chi connectivity index (χ0n) is 10.9. The van der Waals surface area contributed by atoms with Crippen LogP contribution >= 0.6 is 0 Å². The van der Waals surface area contributed by atoms with Crippen LogP contribution in [0.4, 0.5) is 0 Å². The summed E-state index contributed by atoms with van der Waals surface area (Å²) < 4.78 is 0. The molecule has 0 aromatic carbocycles. The normalized spacial score (nSPS) is 35.5. The Labute approximate surface area is 104 Å². The van der Waals surface area contributed by atoms with Crippen LogP contribution in [0.1, 0.15) is 32.6 Å². The number of rotatable bonds is 4. The molecule has 0 aromatic rings. The minimum Gasteiger partial charge on any atom is -0.481 e. The summed E-state index contributed by atoms with van der Waals surface area (Å²) in [7, 11) is 2.20. The molecule has 0 aromatic heterocycles. The van der Waals surface area contributed by atoms with Crippen LogP contribution in [0.25, 0.3) is 0 Å². The van der Waals surface area contributed by atoms with Crippen LogP contribution in [-0.2, 0) is 4.79 Å². The molecule has 2 fully saturated rings. The maximum atomic E-state index is 10.6. The molecular formula is C13H24N2O2. The van der Waals surface area contributed by atoms with Gasteiger partial charge in [-0.25, -0.2) is 0 Å². The number of carbonyl (C=O) groups is 1. The van der Waals surface area contributed by atoms with Gasteiger partial charge in [0.15, 0.2) is 0 Å². The van der Waals surface area contributed by atoms with Gasteiger partial charge in [0.05, 0.1) is 0 Å². The van der Waals surface area contributed by atoms with Crippen molar-refractivity contribution in [3.05, 3.63) is 0 Å². The predicted molar refractivity (Wildman–Crippen MR) is 67.0 cm³/mol. The third-order valence-corrected chi connectivity index (χ3v) is 4.46. The first-order valence-electron chi connectivity index (χ1n) is 6.72. The van der Waals surface area contributed by atoms with E-state index in [4.69, 9.17) is 5.11 Å². The predicted octanol–water partition coefficient (Wildman–Crippen LogP) is 1.27. The molecule has 2 aliphatic rings. The maximum Gasteiger partial charge on any atom is 0.303 e. The first-order chi connectivity index (χ1) is 8.06. The van der Waals surface area contributed by atoms with E-state index in [0.717, 1.165) is 19.5 Å². The van der Waals surface area contributed by atoms with Crippen LogP contribution in [0.15, 0.2) is 0 Å². The van der Waals surface area contributed by atoms with Gasteiger partial charge in [0.1, 0.15) is 0 Å². The zero-order valence-corrected chi connectivity index (χ0v) is 10.9. The van der Waals surface area contributed by atoms with Crippen molar-refractivity contribution in [2.45, 2.75) is 44.7 Å². The lowest BCUT2D eigenvalue weighted by molar-refractivity contribution is -0.137. The van der Waals surface area contributed by atoms with E-state index in [1.54, 1.807) is 0 Å². The summed E-state index contributed by atoms with van der Waals surface area (Å²) in [5, 5.41) is 8.70. The van der Waals surface area contributed by atoms with Gasteiger partial charge in [-0.2, -0.15) is 0 Å². The summed E-state index contributed by atoms with van der Waals surface area (Å²) in [4.78, 5) is 15.6. The standard InChI is InChI=1S/C13H24N2O2/c1-10-7-12(9-14(10)2)15-6-5-11(8-15)3-4-13(16)17/h10-12H,3-9H2,1-2H3,(H,16,17). The smallest absolute Gasteiger partial charge is 0.303 e. The molecule has 0 amide bonds. The van der Waals surface area contributed by atoms with Crippen LogP contribution in [0, 0.1) is 5.92 Å². The molecule has 2 aliphatic heterocycles. The largest absolute Gasteiger partial charge is 0.481 e. The monoisotopic (exact) mass is 240 g/mol. The molecule has 2 heterocycles. The van der Waals surface area contributed by atoms with Crippen molar-refractivity contribution in [2.75, 3.05) is 26.7 Å². The highest BCUT2D eigenvalue weighted by Crippen LogP contribution is 2.28. The number of nitrogens with zero attached hydrogens (tertiary/aromatic N) is 2. The van der Waals surface area contributed by atoms with Crippen molar-refractivity contribution in [3.8, 4) is 0 Å². The minimum absolute atomic E-state index is 0.333. The van der Waals surface area contributed by atoms with Gasteiger partial charge in [-0.3, -0.25) is 9.69 Å². The molecule has 0 bridgehead atoms. The van der Waals surface area contributed by atoms with Gasteiger partial charge in [0, 0.05) is 31.6 Å². The first kappa shape index (κ1) is 12.8. The number of carboxylic acids is 1. The lowest BCUT2D eigenvalue weighted by atomic mass is 10.0. The molecule has 4 nitrogen and oxygen atoms in total. The van der Waals surface area contributed by atoms with E-state index in [1.165, 1.54) is 19.4 Å². The Morgan fingerprint density at radius 3 is 2.76 bits per heavy atom. The summed E-state index contributed by atoms with van der Waals surface area (Å²) in [6, 6.07) is 1.39. The Morgan fingerprint density at radius 1 is 1.41 bits per heavy atom. The van der Waals surface area contributed by atoms with Gasteiger partial charge in [0.2, 0.25) is 0 Å². The molecule has 2 rings (SSSR count). The third-order valence-electron chi connectivity index (χ3n) is 4.46. The molecule has 3 atom stereocenters. The van der Waals surface area contributed by atoms with E-state index in [1.807, 2.05) is 0 Å². The molecule has 3 unspecified atom stereocenters. The summed E-state index contributed by atoms with van der Waals surface area (Å²) in [5.74, 6) is -0.0509. The fourth-order valence-electron chi connectivity index (χ4n) is 3.18. The van der Waals surface area contributed by atoms with E-state index < -0.39 is 5.97 Å². The van der Waals surface area contributed by atoms with Crippen LogP contribution in [-0.4, -0.2) is 59.6 Å². The molecular weight excluding hydrogens is 216 g/mol. The van der Waals surface area contributed by atoms with Crippen LogP contribution in [0.5, 0.6) is 0 Å². The summed E-state index contributed by atoms with van der Waals surface area (Å²) in [6.45, 7) is 5.73. The number of hydrogen-bond donors (Lipinski definition) is 1.